The standard InChI is InChI=1S/C3H11B3/c1-5-3-6-2-4/h5-6H,2-4H2,1H3. The first-order chi connectivity index (χ1) is 2.91. The lowest BCUT2D eigenvalue weighted by Crippen LogP contribution is -1.91. The topological polar surface area (TPSA) is 0 Å². The third-order valence-corrected chi connectivity index (χ3v) is 0.957. The molecule has 0 saturated carbocycles. The van der Waals surface area contributed by atoms with Crippen molar-refractivity contribution in [2.45, 2.75) is 19.3 Å². The van der Waals surface area contributed by atoms with E-state index < -0.39 is 0 Å². The molecule has 0 spiro atoms. The van der Waals surface area contributed by atoms with Gasteiger partial charge in [0.1, 0.15) is 14.6 Å². The van der Waals surface area contributed by atoms with Gasteiger partial charge in [-0.25, -0.2) is 0 Å². The molecule has 0 rings (SSSR count). The van der Waals surface area contributed by atoms with Gasteiger partial charge in [0.05, 0.1) is 7.85 Å². The lowest BCUT2D eigenvalue weighted by Gasteiger charge is -1.80. The van der Waals surface area contributed by atoms with Crippen molar-refractivity contribution >= 4 is 22.4 Å². The number of hydrogen-bond donors (Lipinski definition) is 0. The molecular formula is C3H11B3. The van der Waals surface area contributed by atoms with Gasteiger partial charge in [0.2, 0.25) is 0 Å². The van der Waals surface area contributed by atoms with E-state index in [4.69, 9.17) is 0 Å². The Labute approximate surface area is 42.6 Å². The van der Waals surface area contributed by atoms with Crippen LogP contribution in [-0.4, -0.2) is 22.4 Å². The van der Waals surface area contributed by atoms with Crippen molar-refractivity contribution in [1.29, 1.82) is 0 Å². The predicted octanol–water partition coefficient (Wildman–Crippen LogP) is -0.708. The van der Waals surface area contributed by atoms with Crippen LogP contribution in [0.4, 0.5) is 0 Å². The molecule has 6 heavy (non-hydrogen) atoms. The summed E-state index contributed by atoms with van der Waals surface area (Å²) in [6.45, 7) is 2.23. The monoisotopic (exact) mass is 80.1 g/mol. The Balaban J connectivity index is 2.34. The second-order valence-corrected chi connectivity index (χ2v) is 1.71. The van der Waals surface area contributed by atoms with Crippen LogP contribution in [-0.2, 0) is 0 Å². The fourth-order valence-electron chi connectivity index (χ4n) is 0.500. The van der Waals surface area contributed by atoms with E-state index in [-0.39, 0.29) is 0 Å². The summed E-state index contributed by atoms with van der Waals surface area (Å²) < 4.78 is 0. The van der Waals surface area contributed by atoms with Gasteiger partial charge < -0.3 is 0 Å². The largest absolute Gasteiger partial charge is 0.109 e. The van der Waals surface area contributed by atoms with Gasteiger partial charge >= 0.3 is 0 Å². The summed E-state index contributed by atoms with van der Waals surface area (Å²) in [5.41, 5.74) is 0. The Bertz CT molecular complexity index is 18.0. The lowest BCUT2D eigenvalue weighted by molar-refractivity contribution is 1.86. The molecule has 0 amide bonds. The molecule has 0 radical (unpaired) electrons. The van der Waals surface area contributed by atoms with Gasteiger partial charge in [-0.2, -0.15) is 0 Å². The van der Waals surface area contributed by atoms with Crippen LogP contribution in [0.5, 0.6) is 0 Å². The minimum Gasteiger partial charge on any atom is -0.105 e. The van der Waals surface area contributed by atoms with Gasteiger partial charge in [0.15, 0.2) is 0 Å². The van der Waals surface area contributed by atoms with Gasteiger partial charge in [0.25, 0.3) is 0 Å². The van der Waals surface area contributed by atoms with Crippen molar-refractivity contribution in [3.05, 3.63) is 0 Å². The van der Waals surface area contributed by atoms with Crippen LogP contribution < -0.4 is 0 Å². The van der Waals surface area contributed by atoms with Gasteiger partial charge in [-0.3, -0.25) is 0 Å². The minimum atomic E-state index is 1.36. The van der Waals surface area contributed by atoms with E-state index in [1.165, 1.54) is 27.0 Å². The SMILES string of the molecule is BCBCBC. The zero-order valence-corrected chi connectivity index (χ0v) is 4.83. The average molecular weight is 79.6 g/mol. The van der Waals surface area contributed by atoms with E-state index in [1.54, 1.807) is 0 Å². The number of hydrogen-bond acceptors (Lipinski definition) is 0. The highest BCUT2D eigenvalue weighted by atomic mass is 13.3. The smallest absolute Gasteiger partial charge is 0.105 e. The third-order valence-electron chi connectivity index (χ3n) is 0.957. The zero-order valence-electron chi connectivity index (χ0n) is 4.83. The van der Waals surface area contributed by atoms with Crippen molar-refractivity contribution < 1.29 is 0 Å². The molecule has 0 aromatic heterocycles. The maximum atomic E-state index is 2.23. The molecule has 0 saturated heterocycles. The average Bonchev–Trinajstić information content (AvgIpc) is 1.61. The fourth-order valence-corrected chi connectivity index (χ4v) is 0.500. The van der Waals surface area contributed by atoms with Crippen molar-refractivity contribution in [3.8, 4) is 0 Å². The predicted molar refractivity (Wildman–Crippen MR) is 38.3 cm³/mol. The second kappa shape index (κ2) is 5.19. The first-order valence-corrected chi connectivity index (χ1v) is 2.91. The molecule has 3 heteroatoms. The van der Waals surface area contributed by atoms with E-state index in [2.05, 4.69) is 14.7 Å². The minimum absolute atomic E-state index is 1.36. The van der Waals surface area contributed by atoms with Crippen LogP contribution in [0, 0.1) is 0 Å². The lowest BCUT2D eigenvalue weighted by atomic mass is 9.51. The molecule has 0 aliphatic rings. The Morgan fingerprint density at radius 1 is 1.67 bits per heavy atom. The third kappa shape index (κ3) is 4.19. The first-order valence-electron chi connectivity index (χ1n) is 2.91. The Kier molecular flexibility index (Phi) is 5.36. The maximum absolute atomic E-state index is 2.23. The van der Waals surface area contributed by atoms with Crippen LogP contribution in [0.2, 0.25) is 19.3 Å². The summed E-state index contributed by atoms with van der Waals surface area (Å²) >= 11 is 0. The van der Waals surface area contributed by atoms with Gasteiger partial charge in [-0.1, -0.05) is 6.82 Å². The van der Waals surface area contributed by atoms with Crippen molar-refractivity contribution in [2.24, 2.45) is 0 Å². The van der Waals surface area contributed by atoms with E-state index in [9.17, 15) is 0 Å². The first kappa shape index (κ1) is 6.19. The molecule has 0 unspecified atom stereocenters. The molecule has 0 nitrogen and oxygen atoms in total. The number of rotatable bonds is 3. The highest BCUT2D eigenvalue weighted by molar-refractivity contribution is 6.59. The van der Waals surface area contributed by atoms with E-state index in [1.807, 2.05) is 0 Å². The quantitative estimate of drug-likeness (QED) is 0.310. The molecule has 32 valence electrons. The summed E-state index contributed by atoms with van der Waals surface area (Å²) in [6, 6.07) is 0. The van der Waals surface area contributed by atoms with Crippen LogP contribution in [0.15, 0.2) is 0 Å². The summed E-state index contributed by atoms with van der Waals surface area (Å²) in [5, 5.41) is 0. The second-order valence-electron chi connectivity index (χ2n) is 1.71. The Morgan fingerprint density at radius 3 is 2.50 bits per heavy atom. The van der Waals surface area contributed by atoms with Crippen LogP contribution in [0.1, 0.15) is 0 Å². The molecular weight excluding hydrogens is 68.5 g/mol. The van der Waals surface area contributed by atoms with E-state index in [0.717, 1.165) is 0 Å². The van der Waals surface area contributed by atoms with Crippen molar-refractivity contribution in [1.82, 2.24) is 0 Å². The molecule has 0 bridgehead atoms. The molecule has 0 aliphatic carbocycles. The molecule has 0 atom stereocenters. The molecule has 0 N–H and O–H groups in total. The Morgan fingerprint density at radius 2 is 2.33 bits per heavy atom. The maximum Gasteiger partial charge on any atom is 0.109 e. The van der Waals surface area contributed by atoms with Gasteiger partial charge in [-0.05, 0) is 0 Å². The van der Waals surface area contributed by atoms with Gasteiger partial charge in [-0.15, -0.1) is 12.4 Å². The molecule has 0 aromatic rings. The molecule has 0 fully saturated rings. The van der Waals surface area contributed by atoms with E-state index in [0.29, 0.717) is 0 Å². The van der Waals surface area contributed by atoms with Crippen LogP contribution >= 0.6 is 0 Å². The molecule has 0 heterocycles. The highest BCUT2D eigenvalue weighted by Crippen LogP contribution is 1.75. The molecule has 0 aliphatic heterocycles. The fraction of sp³-hybridized carbons (Fsp3) is 1.00. The summed E-state index contributed by atoms with van der Waals surface area (Å²) in [5.74, 6) is 0. The van der Waals surface area contributed by atoms with Crippen LogP contribution in [0.3, 0.4) is 0 Å². The van der Waals surface area contributed by atoms with Crippen molar-refractivity contribution in [2.75, 3.05) is 0 Å². The highest BCUT2D eigenvalue weighted by Gasteiger charge is 1.81. The molecule has 0 aromatic carbocycles. The van der Waals surface area contributed by atoms with Gasteiger partial charge in [0, 0.05) is 0 Å². The summed E-state index contributed by atoms with van der Waals surface area (Å²) in [7, 11) is 5.00. The Hall–Kier alpha value is 0.195. The summed E-state index contributed by atoms with van der Waals surface area (Å²) in [6.07, 6.45) is 2.77. The zero-order chi connectivity index (χ0) is 4.83. The van der Waals surface area contributed by atoms with Crippen LogP contribution in [0.25, 0.3) is 0 Å². The normalized spacial score (nSPS) is 7.50. The summed E-state index contributed by atoms with van der Waals surface area (Å²) in [4.78, 5) is 0. The van der Waals surface area contributed by atoms with E-state index >= 15 is 0 Å². The van der Waals surface area contributed by atoms with Crippen molar-refractivity contribution in [3.63, 3.8) is 0 Å².